The van der Waals surface area contributed by atoms with Crippen molar-refractivity contribution < 1.29 is 23.8 Å². The van der Waals surface area contributed by atoms with Crippen molar-refractivity contribution >= 4 is 5.71 Å². The number of epoxide rings is 1. The molecule has 5 atom stereocenters. The Labute approximate surface area is 98.8 Å². The van der Waals surface area contributed by atoms with E-state index in [-0.39, 0.29) is 24.4 Å². The predicted octanol–water partition coefficient (Wildman–Crippen LogP) is 0.406. The molecule has 3 saturated heterocycles. The van der Waals surface area contributed by atoms with Crippen LogP contribution in [0.5, 0.6) is 0 Å². The highest BCUT2D eigenvalue weighted by Crippen LogP contribution is 2.51. The summed E-state index contributed by atoms with van der Waals surface area (Å²) < 4.78 is 22.5. The number of rotatable bonds is 1. The van der Waals surface area contributed by atoms with E-state index in [1.54, 1.807) is 0 Å². The summed E-state index contributed by atoms with van der Waals surface area (Å²) in [5, 5.41) is 4.08. The summed E-state index contributed by atoms with van der Waals surface area (Å²) >= 11 is 0. The van der Waals surface area contributed by atoms with Gasteiger partial charge < -0.3 is 23.8 Å². The van der Waals surface area contributed by atoms with Crippen molar-refractivity contribution in [2.24, 2.45) is 5.16 Å². The molecule has 0 radical (unpaired) electrons. The van der Waals surface area contributed by atoms with Crippen molar-refractivity contribution in [3.63, 3.8) is 0 Å². The Morgan fingerprint density at radius 2 is 2.00 bits per heavy atom. The van der Waals surface area contributed by atoms with Crippen LogP contribution in [-0.2, 0) is 23.8 Å². The number of hydrogen-bond acceptors (Lipinski definition) is 6. The number of oxime groups is 1. The van der Waals surface area contributed by atoms with Crippen molar-refractivity contribution in [1.82, 2.24) is 0 Å². The number of fused-ring (bicyclic) bond motifs is 3. The number of hydrogen-bond donors (Lipinski definition) is 0. The molecule has 0 aromatic heterocycles. The van der Waals surface area contributed by atoms with Gasteiger partial charge in [-0.15, -0.1) is 0 Å². The number of nitrogens with zero attached hydrogens (tertiary/aromatic N) is 1. The Morgan fingerprint density at radius 1 is 1.18 bits per heavy atom. The Bertz CT molecular complexity index is 409. The van der Waals surface area contributed by atoms with Gasteiger partial charge in [-0.1, -0.05) is 5.16 Å². The fourth-order valence-corrected chi connectivity index (χ4v) is 2.74. The van der Waals surface area contributed by atoms with E-state index >= 15 is 0 Å². The van der Waals surface area contributed by atoms with Crippen LogP contribution in [0.1, 0.15) is 20.8 Å². The summed E-state index contributed by atoms with van der Waals surface area (Å²) in [6, 6.07) is 0. The van der Waals surface area contributed by atoms with E-state index in [1.165, 1.54) is 0 Å². The molecule has 4 heterocycles. The molecule has 4 aliphatic rings. The molecule has 0 saturated carbocycles. The highest BCUT2D eigenvalue weighted by atomic mass is 16.8. The molecule has 6 nitrogen and oxygen atoms in total. The second kappa shape index (κ2) is 2.83. The fourth-order valence-electron chi connectivity index (χ4n) is 2.74. The highest BCUT2D eigenvalue weighted by molar-refractivity contribution is 5.95. The summed E-state index contributed by atoms with van der Waals surface area (Å²) in [5.74, 6) is -1.04. The second-order valence-corrected chi connectivity index (χ2v) is 5.50. The maximum absolute atomic E-state index is 5.83. The maximum atomic E-state index is 5.83. The van der Waals surface area contributed by atoms with Gasteiger partial charge in [0.05, 0.1) is 6.61 Å². The van der Waals surface area contributed by atoms with Crippen molar-refractivity contribution in [2.75, 3.05) is 6.61 Å². The lowest BCUT2D eigenvalue weighted by Crippen LogP contribution is -2.39. The third kappa shape index (κ3) is 1.32. The SMILES string of the molecule is CC1(C)OC[C@H](C2=NO[C@@H]3[C@H]2O[C@@]2(C)O[C@@H]32)O1. The van der Waals surface area contributed by atoms with Gasteiger partial charge in [0.1, 0.15) is 17.9 Å². The largest absolute Gasteiger partial charge is 0.386 e. The molecule has 94 valence electrons. The second-order valence-electron chi connectivity index (χ2n) is 5.50. The van der Waals surface area contributed by atoms with Crippen LogP contribution in [0.15, 0.2) is 5.16 Å². The van der Waals surface area contributed by atoms with E-state index < -0.39 is 11.6 Å². The van der Waals surface area contributed by atoms with Gasteiger partial charge in [0, 0.05) is 0 Å². The lowest BCUT2D eigenvalue weighted by atomic mass is 10.0. The molecule has 6 heteroatoms. The van der Waals surface area contributed by atoms with E-state index in [2.05, 4.69) is 5.16 Å². The molecule has 17 heavy (non-hydrogen) atoms. The molecule has 3 fully saturated rings. The molecular weight excluding hydrogens is 226 g/mol. The van der Waals surface area contributed by atoms with Gasteiger partial charge in [-0.25, -0.2) is 0 Å². The van der Waals surface area contributed by atoms with Crippen LogP contribution < -0.4 is 0 Å². The molecule has 0 N–H and O–H groups in total. The standard InChI is InChI=1S/C11H15NO5/c1-10(2)13-4-5(14-10)6-7-8(17-12-6)9-11(3,15-7)16-9/h5,7-9H,4H2,1-3H3/t5-,7+,8-,9+,11+/m1/s1. The Kier molecular flexibility index (Phi) is 1.70. The Hall–Kier alpha value is -0.690. The Morgan fingerprint density at radius 3 is 2.71 bits per heavy atom. The third-order valence-electron chi connectivity index (χ3n) is 3.69. The summed E-state index contributed by atoms with van der Waals surface area (Å²) in [4.78, 5) is 5.39. The van der Waals surface area contributed by atoms with Crippen molar-refractivity contribution in [3.8, 4) is 0 Å². The van der Waals surface area contributed by atoms with Gasteiger partial charge in [0.15, 0.2) is 23.8 Å². The molecule has 4 aliphatic heterocycles. The number of ether oxygens (including phenoxy) is 4. The summed E-state index contributed by atoms with van der Waals surface area (Å²) in [7, 11) is 0. The molecule has 0 aliphatic carbocycles. The van der Waals surface area contributed by atoms with Gasteiger partial charge in [-0.2, -0.15) is 0 Å². The third-order valence-corrected chi connectivity index (χ3v) is 3.69. The quantitative estimate of drug-likeness (QED) is 0.622. The van der Waals surface area contributed by atoms with Crippen LogP contribution in [-0.4, -0.2) is 48.3 Å². The summed E-state index contributed by atoms with van der Waals surface area (Å²) in [6.45, 7) is 6.19. The van der Waals surface area contributed by atoms with Gasteiger partial charge in [-0.3, -0.25) is 0 Å². The topological polar surface area (TPSA) is 61.8 Å². The summed E-state index contributed by atoms with van der Waals surface area (Å²) in [6.07, 6.45) is -0.450. The van der Waals surface area contributed by atoms with Crippen molar-refractivity contribution in [2.45, 2.75) is 56.8 Å². The van der Waals surface area contributed by atoms with Gasteiger partial charge in [-0.05, 0) is 20.8 Å². The van der Waals surface area contributed by atoms with Gasteiger partial charge >= 0.3 is 0 Å². The highest BCUT2D eigenvalue weighted by Gasteiger charge is 2.72. The molecule has 0 aromatic rings. The van der Waals surface area contributed by atoms with Crippen LogP contribution >= 0.6 is 0 Å². The summed E-state index contributed by atoms with van der Waals surface area (Å²) in [5.41, 5.74) is 0.789. The fraction of sp³-hybridized carbons (Fsp3) is 0.909. The van der Waals surface area contributed by atoms with Crippen LogP contribution in [0.4, 0.5) is 0 Å². The molecule has 0 spiro atoms. The molecule has 0 unspecified atom stereocenters. The monoisotopic (exact) mass is 241 g/mol. The predicted molar refractivity (Wildman–Crippen MR) is 55.4 cm³/mol. The van der Waals surface area contributed by atoms with Crippen LogP contribution in [0.2, 0.25) is 0 Å². The zero-order valence-electron chi connectivity index (χ0n) is 10.0. The van der Waals surface area contributed by atoms with Crippen molar-refractivity contribution in [1.29, 1.82) is 0 Å². The zero-order chi connectivity index (χ0) is 11.8. The first-order valence-corrected chi connectivity index (χ1v) is 5.90. The first kappa shape index (κ1) is 10.3. The lowest BCUT2D eigenvalue weighted by molar-refractivity contribution is -0.132. The average Bonchev–Trinajstić information content (AvgIpc) is 2.63. The maximum Gasteiger partial charge on any atom is 0.197 e. The van der Waals surface area contributed by atoms with Crippen LogP contribution in [0.3, 0.4) is 0 Å². The molecule has 0 bridgehead atoms. The van der Waals surface area contributed by atoms with Crippen LogP contribution in [0, 0.1) is 0 Å². The van der Waals surface area contributed by atoms with Crippen LogP contribution in [0.25, 0.3) is 0 Å². The first-order valence-electron chi connectivity index (χ1n) is 5.90. The molecule has 4 rings (SSSR count). The molecular formula is C11H15NO5. The van der Waals surface area contributed by atoms with Crippen molar-refractivity contribution in [3.05, 3.63) is 0 Å². The lowest BCUT2D eigenvalue weighted by Gasteiger charge is -2.19. The Balaban J connectivity index is 1.54. The van der Waals surface area contributed by atoms with E-state index in [4.69, 9.17) is 23.8 Å². The van der Waals surface area contributed by atoms with E-state index in [1.807, 2.05) is 20.8 Å². The first-order chi connectivity index (χ1) is 7.99. The van der Waals surface area contributed by atoms with Gasteiger partial charge in [0.25, 0.3) is 0 Å². The van der Waals surface area contributed by atoms with E-state index in [9.17, 15) is 0 Å². The van der Waals surface area contributed by atoms with Gasteiger partial charge in [0.2, 0.25) is 0 Å². The van der Waals surface area contributed by atoms with E-state index in [0.29, 0.717) is 6.61 Å². The molecule has 0 aromatic carbocycles. The molecule has 0 amide bonds. The normalized spacial score (nSPS) is 53.9. The smallest absolute Gasteiger partial charge is 0.197 e. The minimum Gasteiger partial charge on any atom is -0.386 e. The van der Waals surface area contributed by atoms with E-state index in [0.717, 1.165) is 5.71 Å². The minimum atomic E-state index is -0.562. The average molecular weight is 241 g/mol. The minimum absolute atomic E-state index is 0.00378. The zero-order valence-corrected chi connectivity index (χ0v) is 10.0.